The zero-order chi connectivity index (χ0) is 45.7. The number of hydrogen-bond acceptors (Lipinski definition) is 2. The van der Waals surface area contributed by atoms with Gasteiger partial charge in [0, 0.05) is 44.2 Å². The second kappa shape index (κ2) is 16.9. The van der Waals surface area contributed by atoms with Crippen molar-refractivity contribution in [1.29, 1.82) is 0 Å². The zero-order valence-corrected chi connectivity index (χ0v) is 37.7. The monoisotopic (exact) mass is 880 g/mol. The van der Waals surface area contributed by atoms with Gasteiger partial charge in [-0.3, -0.25) is 0 Å². The summed E-state index contributed by atoms with van der Waals surface area (Å²) in [5.74, 6) is 0. The number of aromatic nitrogens is 1. The normalized spacial score (nSPS) is 11.5. The number of benzene rings is 11. The van der Waals surface area contributed by atoms with E-state index in [1.54, 1.807) is 0 Å². The molecule has 69 heavy (non-hydrogen) atoms. The van der Waals surface area contributed by atoms with Crippen molar-refractivity contribution in [3.8, 4) is 61.3 Å². The molecule has 13 rings (SSSR count). The van der Waals surface area contributed by atoms with Crippen LogP contribution >= 0.6 is 0 Å². The summed E-state index contributed by atoms with van der Waals surface area (Å²) in [6.45, 7) is 0. The second-order valence-electron chi connectivity index (χ2n) is 17.7. The van der Waals surface area contributed by atoms with Gasteiger partial charge >= 0.3 is 0 Å². The van der Waals surface area contributed by atoms with E-state index in [4.69, 9.17) is 4.42 Å². The van der Waals surface area contributed by atoms with E-state index in [0.717, 1.165) is 66.9 Å². The molecule has 2 heterocycles. The lowest BCUT2D eigenvalue weighted by atomic mass is 9.93. The van der Waals surface area contributed by atoms with E-state index in [9.17, 15) is 0 Å². The summed E-state index contributed by atoms with van der Waals surface area (Å²) in [6.07, 6.45) is 0. The lowest BCUT2D eigenvalue weighted by Crippen LogP contribution is -2.11. The molecular weight excluding hydrogens is 837 g/mol. The molecule has 0 saturated heterocycles. The highest BCUT2D eigenvalue weighted by molar-refractivity contribution is 6.09. The second-order valence-corrected chi connectivity index (χ2v) is 17.7. The SMILES string of the molecule is c1ccc(-c2ccccc2-c2ccccc2N(c2ccc(-c3cccc(-c4ccc(-n5c6ccccc6c6ccccc65)cc4)c3)cc2)c2ccc(-c3ccc4c(c3)oc3ccccc34)cc2)cc1. The third kappa shape index (κ3) is 7.16. The van der Waals surface area contributed by atoms with Crippen LogP contribution in [0.4, 0.5) is 17.1 Å². The van der Waals surface area contributed by atoms with Crippen LogP contribution in [0.15, 0.2) is 271 Å². The van der Waals surface area contributed by atoms with Gasteiger partial charge in [0.25, 0.3) is 0 Å². The molecule has 0 aliphatic carbocycles. The van der Waals surface area contributed by atoms with E-state index in [2.05, 4.69) is 264 Å². The molecule has 0 spiro atoms. The van der Waals surface area contributed by atoms with E-state index < -0.39 is 0 Å². The smallest absolute Gasteiger partial charge is 0.136 e. The van der Waals surface area contributed by atoms with E-state index >= 15 is 0 Å². The lowest BCUT2D eigenvalue weighted by molar-refractivity contribution is 0.669. The first-order chi connectivity index (χ1) is 34.2. The molecule has 3 heteroatoms. The van der Waals surface area contributed by atoms with Crippen molar-refractivity contribution < 1.29 is 4.42 Å². The summed E-state index contributed by atoms with van der Waals surface area (Å²) in [5, 5.41) is 4.80. The number of fused-ring (bicyclic) bond motifs is 6. The van der Waals surface area contributed by atoms with Crippen LogP contribution in [0.5, 0.6) is 0 Å². The van der Waals surface area contributed by atoms with E-state index in [-0.39, 0.29) is 0 Å². The molecule has 324 valence electrons. The predicted molar refractivity (Wildman–Crippen MR) is 290 cm³/mol. The van der Waals surface area contributed by atoms with Crippen molar-refractivity contribution in [1.82, 2.24) is 4.57 Å². The summed E-state index contributed by atoms with van der Waals surface area (Å²) in [7, 11) is 0. The molecule has 11 aromatic carbocycles. The Labute approximate surface area is 401 Å². The molecule has 3 nitrogen and oxygen atoms in total. The Bertz CT molecular complexity index is 3940. The molecule has 0 aliphatic rings. The third-order valence-electron chi connectivity index (χ3n) is 13.6. The Balaban J connectivity index is 0.864. The fourth-order valence-corrected chi connectivity index (χ4v) is 10.3. The molecular formula is C66H44N2O. The van der Waals surface area contributed by atoms with Crippen LogP contribution in [0, 0.1) is 0 Å². The molecule has 0 radical (unpaired) electrons. The van der Waals surface area contributed by atoms with Crippen molar-refractivity contribution in [2.24, 2.45) is 0 Å². The van der Waals surface area contributed by atoms with Crippen LogP contribution < -0.4 is 4.90 Å². The molecule has 0 amide bonds. The Morgan fingerprint density at radius 2 is 0.739 bits per heavy atom. The maximum atomic E-state index is 6.29. The van der Waals surface area contributed by atoms with Gasteiger partial charge in [0.1, 0.15) is 11.2 Å². The Morgan fingerprint density at radius 1 is 0.275 bits per heavy atom. The van der Waals surface area contributed by atoms with Crippen LogP contribution in [0.3, 0.4) is 0 Å². The predicted octanol–water partition coefficient (Wildman–Crippen LogP) is 18.5. The average Bonchev–Trinajstić information content (AvgIpc) is 3.97. The van der Waals surface area contributed by atoms with Crippen molar-refractivity contribution in [3.63, 3.8) is 0 Å². The first-order valence-electron chi connectivity index (χ1n) is 23.6. The van der Waals surface area contributed by atoms with Gasteiger partial charge in [-0.05, 0) is 129 Å². The van der Waals surface area contributed by atoms with Gasteiger partial charge in [0.05, 0.1) is 16.7 Å². The Kier molecular flexibility index (Phi) is 9.84. The molecule has 0 saturated carbocycles. The van der Waals surface area contributed by atoms with Gasteiger partial charge in [-0.1, -0.05) is 188 Å². The van der Waals surface area contributed by atoms with Crippen LogP contribution in [0.25, 0.3) is 105 Å². The number of para-hydroxylation sites is 4. The fourth-order valence-electron chi connectivity index (χ4n) is 10.3. The molecule has 2 aromatic heterocycles. The first kappa shape index (κ1) is 40.1. The summed E-state index contributed by atoms with van der Waals surface area (Å²) >= 11 is 0. The summed E-state index contributed by atoms with van der Waals surface area (Å²) in [4.78, 5) is 2.39. The number of nitrogens with zero attached hydrogens (tertiary/aromatic N) is 2. The van der Waals surface area contributed by atoms with Crippen LogP contribution in [-0.2, 0) is 0 Å². The van der Waals surface area contributed by atoms with Crippen molar-refractivity contribution in [2.75, 3.05) is 4.90 Å². The van der Waals surface area contributed by atoms with Crippen molar-refractivity contribution in [3.05, 3.63) is 267 Å². The van der Waals surface area contributed by atoms with E-state index in [1.807, 2.05) is 12.1 Å². The molecule has 0 bridgehead atoms. The number of hydrogen-bond donors (Lipinski definition) is 0. The fraction of sp³-hybridized carbons (Fsp3) is 0. The van der Waals surface area contributed by atoms with Crippen molar-refractivity contribution in [2.45, 2.75) is 0 Å². The minimum absolute atomic E-state index is 0.893. The van der Waals surface area contributed by atoms with Gasteiger partial charge in [-0.15, -0.1) is 0 Å². The molecule has 13 aromatic rings. The number of furan rings is 1. The summed E-state index contributed by atoms with van der Waals surface area (Å²) in [6, 6.07) is 96.1. The molecule has 0 aliphatic heterocycles. The average molecular weight is 881 g/mol. The van der Waals surface area contributed by atoms with Crippen LogP contribution in [0.1, 0.15) is 0 Å². The Hall–Kier alpha value is -9.18. The standard InChI is InChI=1S/C66H44N2O/c1-2-15-48(16-3-1)55-19-4-5-20-56(55)57-21-6-10-25-62(57)67(53-38-31-47(32-39-53)51-35-42-61-60-24-9-13-28-65(60)69-66(61)44-51)52-36-29-45(30-37-52)49-17-14-18-50(43-49)46-33-40-54(41-34-46)68-63-26-11-7-22-58(63)59-23-8-12-27-64(59)68/h1-44H. The van der Waals surface area contributed by atoms with Crippen LogP contribution in [0.2, 0.25) is 0 Å². The van der Waals surface area contributed by atoms with E-state index in [0.29, 0.717) is 0 Å². The van der Waals surface area contributed by atoms with Crippen LogP contribution in [-0.4, -0.2) is 4.57 Å². The third-order valence-corrected chi connectivity index (χ3v) is 13.6. The summed E-state index contributed by atoms with van der Waals surface area (Å²) < 4.78 is 8.66. The van der Waals surface area contributed by atoms with Gasteiger partial charge in [-0.2, -0.15) is 0 Å². The van der Waals surface area contributed by atoms with Gasteiger partial charge in [0.2, 0.25) is 0 Å². The maximum absolute atomic E-state index is 6.29. The topological polar surface area (TPSA) is 21.3 Å². The quantitative estimate of drug-likeness (QED) is 0.144. The molecule has 0 atom stereocenters. The highest BCUT2D eigenvalue weighted by Crippen LogP contribution is 2.45. The number of anilines is 3. The highest BCUT2D eigenvalue weighted by atomic mass is 16.3. The molecule has 0 N–H and O–H groups in total. The zero-order valence-electron chi connectivity index (χ0n) is 37.7. The summed E-state index contributed by atoms with van der Waals surface area (Å²) in [5.41, 5.74) is 20.2. The van der Waals surface area contributed by atoms with Gasteiger partial charge in [-0.25, -0.2) is 0 Å². The molecule has 0 unspecified atom stereocenters. The minimum Gasteiger partial charge on any atom is -0.456 e. The molecule has 0 fully saturated rings. The van der Waals surface area contributed by atoms with E-state index in [1.165, 1.54) is 55.2 Å². The number of rotatable bonds is 9. The largest absolute Gasteiger partial charge is 0.456 e. The minimum atomic E-state index is 0.893. The highest BCUT2D eigenvalue weighted by Gasteiger charge is 2.20. The maximum Gasteiger partial charge on any atom is 0.136 e. The van der Waals surface area contributed by atoms with Gasteiger partial charge < -0.3 is 13.9 Å². The lowest BCUT2D eigenvalue weighted by Gasteiger charge is -2.29. The first-order valence-corrected chi connectivity index (χ1v) is 23.6. The van der Waals surface area contributed by atoms with Crippen molar-refractivity contribution >= 4 is 60.8 Å². The van der Waals surface area contributed by atoms with Gasteiger partial charge in [0.15, 0.2) is 0 Å². The Morgan fingerprint density at radius 3 is 1.39 bits per heavy atom.